The zero-order valence-electron chi connectivity index (χ0n) is 14.3. The summed E-state index contributed by atoms with van der Waals surface area (Å²) in [6.45, 7) is 0.336. The highest BCUT2D eigenvalue weighted by atomic mass is 32.2. The van der Waals surface area contributed by atoms with E-state index in [9.17, 15) is 18.3 Å². The topological polar surface area (TPSA) is 95.5 Å². The molecule has 140 valence electrons. The van der Waals surface area contributed by atoms with Crippen molar-refractivity contribution in [1.82, 2.24) is 10.0 Å². The summed E-state index contributed by atoms with van der Waals surface area (Å²) in [5, 5.41) is 14.3. The highest BCUT2D eigenvalue weighted by molar-refractivity contribution is 7.89. The number of hydrogen-bond acceptors (Lipinski definition) is 5. The Kier molecular flexibility index (Phi) is 5.90. The first-order chi connectivity index (χ1) is 13.0. The van der Waals surface area contributed by atoms with Crippen LogP contribution in [0.1, 0.15) is 20.8 Å². The lowest BCUT2D eigenvalue weighted by Gasteiger charge is -2.09. The minimum atomic E-state index is -3.73. The van der Waals surface area contributed by atoms with E-state index < -0.39 is 15.9 Å². The normalized spacial score (nSPS) is 11.3. The standard InChI is InChI=1S/C19H18N2O4S2/c22-18-9-2-1-5-15(18)12-20-19(23)14-6-3-8-17(11-14)27(24,25)21-13-16-7-4-10-26-16/h1-11,21-22H,12-13H2,(H,20,23). The van der Waals surface area contributed by atoms with Crippen molar-refractivity contribution in [3.05, 3.63) is 82.0 Å². The minimum Gasteiger partial charge on any atom is -0.508 e. The Labute approximate surface area is 161 Å². The number of thiophene rings is 1. The van der Waals surface area contributed by atoms with Gasteiger partial charge in [0.1, 0.15) is 5.75 Å². The van der Waals surface area contributed by atoms with Gasteiger partial charge in [0.25, 0.3) is 5.91 Å². The summed E-state index contributed by atoms with van der Waals surface area (Å²) >= 11 is 1.46. The van der Waals surface area contributed by atoms with Gasteiger partial charge in [0.15, 0.2) is 0 Å². The maximum absolute atomic E-state index is 12.5. The molecule has 0 unspecified atom stereocenters. The Balaban J connectivity index is 1.68. The molecule has 0 bridgehead atoms. The van der Waals surface area contributed by atoms with Crippen molar-refractivity contribution in [2.24, 2.45) is 0 Å². The first-order valence-electron chi connectivity index (χ1n) is 8.13. The molecule has 1 aromatic heterocycles. The second kappa shape index (κ2) is 8.34. The second-order valence-corrected chi connectivity index (χ2v) is 8.54. The number of rotatable bonds is 7. The monoisotopic (exact) mass is 402 g/mol. The second-order valence-electron chi connectivity index (χ2n) is 5.74. The van der Waals surface area contributed by atoms with Crippen molar-refractivity contribution in [2.45, 2.75) is 18.0 Å². The molecule has 6 nitrogen and oxygen atoms in total. The molecule has 3 rings (SSSR count). The van der Waals surface area contributed by atoms with E-state index >= 15 is 0 Å². The Morgan fingerprint density at radius 1 is 1.00 bits per heavy atom. The zero-order valence-corrected chi connectivity index (χ0v) is 15.9. The summed E-state index contributed by atoms with van der Waals surface area (Å²) < 4.78 is 27.4. The van der Waals surface area contributed by atoms with Gasteiger partial charge in [-0.15, -0.1) is 11.3 Å². The third-order valence-corrected chi connectivity index (χ3v) is 6.13. The van der Waals surface area contributed by atoms with Crippen molar-refractivity contribution < 1.29 is 18.3 Å². The largest absolute Gasteiger partial charge is 0.508 e. The highest BCUT2D eigenvalue weighted by Gasteiger charge is 2.16. The fourth-order valence-corrected chi connectivity index (χ4v) is 4.19. The summed E-state index contributed by atoms with van der Waals surface area (Å²) in [6.07, 6.45) is 0. The van der Waals surface area contributed by atoms with Gasteiger partial charge in [-0.05, 0) is 35.7 Å². The van der Waals surface area contributed by atoms with Gasteiger partial charge in [-0.3, -0.25) is 4.79 Å². The number of sulfonamides is 1. The van der Waals surface area contributed by atoms with E-state index in [1.165, 1.54) is 35.6 Å². The molecule has 0 aliphatic heterocycles. The molecule has 1 amide bonds. The van der Waals surface area contributed by atoms with Crippen molar-refractivity contribution in [3.63, 3.8) is 0 Å². The molecule has 8 heteroatoms. The van der Waals surface area contributed by atoms with Gasteiger partial charge >= 0.3 is 0 Å². The van der Waals surface area contributed by atoms with E-state index in [0.29, 0.717) is 5.56 Å². The first kappa shape index (κ1) is 19.1. The van der Waals surface area contributed by atoms with E-state index in [1.54, 1.807) is 24.3 Å². The fourth-order valence-electron chi connectivity index (χ4n) is 2.41. The number of aromatic hydroxyl groups is 1. The van der Waals surface area contributed by atoms with Crippen LogP contribution in [0, 0.1) is 0 Å². The van der Waals surface area contributed by atoms with Crippen molar-refractivity contribution in [1.29, 1.82) is 0 Å². The lowest BCUT2D eigenvalue weighted by molar-refractivity contribution is 0.0950. The van der Waals surface area contributed by atoms with E-state index in [0.717, 1.165) is 4.88 Å². The van der Waals surface area contributed by atoms with Crippen LogP contribution in [0.5, 0.6) is 5.75 Å². The van der Waals surface area contributed by atoms with Crippen LogP contribution in [0.25, 0.3) is 0 Å². The van der Waals surface area contributed by atoms with Crippen LogP contribution in [0.2, 0.25) is 0 Å². The third kappa shape index (κ3) is 4.94. The molecule has 0 atom stereocenters. The lowest BCUT2D eigenvalue weighted by atomic mass is 10.2. The van der Waals surface area contributed by atoms with E-state index in [-0.39, 0.29) is 29.3 Å². The SMILES string of the molecule is O=C(NCc1ccccc1O)c1cccc(S(=O)(=O)NCc2cccs2)c1. The van der Waals surface area contributed by atoms with Crippen LogP contribution in [-0.2, 0) is 23.1 Å². The highest BCUT2D eigenvalue weighted by Crippen LogP contribution is 2.16. The number of phenols is 1. The number of phenolic OH excluding ortho intramolecular Hbond substituents is 1. The number of carbonyl (C=O) groups is 1. The van der Waals surface area contributed by atoms with Gasteiger partial charge in [-0.25, -0.2) is 13.1 Å². The third-order valence-electron chi connectivity index (χ3n) is 3.85. The minimum absolute atomic E-state index is 0.0225. The number of para-hydroxylation sites is 1. The smallest absolute Gasteiger partial charge is 0.251 e. The fraction of sp³-hybridized carbons (Fsp3) is 0.105. The molecule has 0 radical (unpaired) electrons. The lowest BCUT2D eigenvalue weighted by Crippen LogP contribution is -2.25. The van der Waals surface area contributed by atoms with Crippen molar-refractivity contribution >= 4 is 27.3 Å². The predicted molar refractivity (Wildman–Crippen MR) is 104 cm³/mol. The summed E-state index contributed by atoms with van der Waals surface area (Å²) in [6, 6.07) is 16.2. The zero-order chi connectivity index (χ0) is 19.3. The first-order valence-corrected chi connectivity index (χ1v) is 10.5. The van der Waals surface area contributed by atoms with Gasteiger partial charge in [0.05, 0.1) is 4.90 Å². The molecular weight excluding hydrogens is 384 g/mol. The number of nitrogens with one attached hydrogen (secondary N) is 2. The van der Waals surface area contributed by atoms with Crippen molar-refractivity contribution in [2.75, 3.05) is 0 Å². The number of benzene rings is 2. The Bertz CT molecular complexity index is 1030. The van der Waals surface area contributed by atoms with E-state index in [4.69, 9.17) is 0 Å². The Morgan fingerprint density at radius 2 is 1.81 bits per heavy atom. The molecule has 3 N–H and O–H groups in total. The summed E-state index contributed by atoms with van der Waals surface area (Å²) in [7, 11) is -3.73. The molecule has 0 aliphatic rings. The van der Waals surface area contributed by atoms with Crippen LogP contribution >= 0.6 is 11.3 Å². The number of amides is 1. The van der Waals surface area contributed by atoms with Crippen LogP contribution < -0.4 is 10.0 Å². The van der Waals surface area contributed by atoms with E-state index in [1.807, 2.05) is 17.5 Å². The number of carbonyl (C=O) groups excluding carboxylic acids is 1. The van der Waals surface area contributed by atoms with Crippen LogP contribution in [-0.4, -0.2) is 19.4 Å². The average Bonchev–Trinajstić information content (AvgIpc) is 3.19. The van der Waals surface area contributed by atoms with Gasteiger partial charge in [0.2, 0.25) is 10.0 Å². The van der Waals surface area contributed by atoms with Gasteiger partial charge in [-0.2, -0.15) is 0 Å². The summed E-state index contributed by atoms with van der Waals surface area (Å²) in [5.41, 5.74) is 0.802. The maximum Gasteiger partial charge on any atom is 0.251 e. The van der Waals surface area contributed by atoms with E-state index in [2.05, 4.69) is 10.0 Å². The Morgan fingerprint density at radius 3 is 2.56 bits per heavy atom. The molecule has 27 heavy (non-hydrogen) atoms. The molecule has 1 heterocycles. The van der Waals surface area contributed by atoms with Gasteiger partial charge in [-0.1, -0.05) is 30.3 Å². The van der Waals surface area contributed by atoms with Crippen LogP contribution in [0.3, 0.4) is 0 Å². The summed E-state index contributed by atoms with van der Waals surface area (Å²) in [5.74, 6) is -0.333. The molecule has 3 aromatic rings. The van der Waals surface area contributed by atoms with Crippen molar-refractivity contribution in [3.8, 4) is 5.75 Å². The molecule has 0 aliphatic carbocycles. The molecule has 0 saturated heterocycles. The molecule has 2 aromatic carbocycles. The maximum atomic E-state index is 12.5. The van der Waals surface area contributed by atoms with Crippen LogP contribution in [0.4, 0.5) is 0 Å². The Hall–Kier alpha value is -2.68. The number of hydrogen-bond donors (Lipinski definition) is 3. The molecule has 0 fully saturated rings. The van der Waals surface area contributed by atoms with Gasteiger partial charge in [0, 0.05) is 29.1 Å². The van der Waals surface area contributed by atoms with Gasteiger partial charge < -0.3 is 10.4 Å². The van der Waals surface area contributed by atoms with Crippen LogP contribution in [0.15, 0.2) is 70.9 Å². The summed E-state index contributed by atoms with van der Waals surface area (Å²) in [4.78, 5) is 13.3. The predicted octanol–water partition coefficient (Wildman–Crippen LogP) is 2.86. The molecule has 0 spiro atoms. The molecular formula is C19H18N2O4S2. The average molecular weight is 402 g/mol. The molecule has 0 saturated carbocycles. The quantitative estimate of drug-likeness (QED) is 0.566.